The van der Waals surface area contributed by atoms with Crippen molar-refractivity contribution in [2.45, 2.75) is 58.4 Å². The van der Waals surface area contributed by atoms with Gasteiger partial charge in [-0.05, 0) is 63.7 Å². The molecule has 0 aliphatic carbocycles. The van der Waals surface area contributed by atoms with Crippen LogP contribution < -0.4 is 5.32 Å². The first-order valence-corrected chi connectivity index (χ1v) is 10.7. The van der Waals surface area contributed by atoms with Crippen LogP contribution in [0.15, 0.2) is 24.3 Å². The lowest BCUT2D eigenvalue weighted by Gasteiger charge is -2.30. The number of nitrogens with one attached hydrogen (secondary N) is 1. The first-order chi connectivity index (χ1) is 12.5. The van der Waals surface area contributed by atoms with Gasteiger partial charge in [0.2, 0.25) is 5.91 Å². The third kappa shape index (κ3) is 5.27. The molecular weight excluding hydrogens is 342 g/mol. The number of nitrogens with zero attached hydrogens (tertiary/aromatic N) is 2. The fraction of sp³-hybridized carbons (Fsp3) is 0.619. The Morgan fingerprint density at radius 3 is 2.65 bits per heavy atom. The van der Waals surface area contributed by atoms with Crippen LogP contribution in [-0.2, 0) is 4.79 Å². The molecule has 1 N–H and O–H groups in total. The highest BCUT2D eigenvalue weighted by Crippen LogP contribution is 2.33. The smallest absolute Gasteiger partial charge is 0.234 e. The molecule has 1 aliphatic rings. The van der Waals surface area contributed by atoms with E-state index in [1.54, 1.807) is 0 Å². The Hall–Kier alpha value is -1.46. The number of hydrogen-bond donors (Lipinski definition) is 1. The summed E-state index contributed by atoms with van der Waals surface area (Å²) in [5.41, 5.74) is 1.12. The van der Waals surface area contributed by atoms with Crippen LogP contribution >= 0.6 is 11.3 Å². The number of piperidine rings is 1. The maximum absolute atomic E-state index is 12.3. The van der Waals surface area contributed by atoms with E-state index >= 15 is 0 Å². The Morgan fingerprint density at radius 2 is 1.96 bits per heavy atom. The Balaban J connectivity index is 1.44. The molecule has 2 heterocycles. The molecular formula is C21H31N3OS. The number of carbonyl (C=O) groups is 1. The van der Waals surface area contributed by atoms with Gasteiger partial charge in [0.05, 0.1) is 21.8 Å². The summed E-state index contributed by atoms with van der Waals surface area (Å²) in [4.78, 5) is 19.4. The molecule has 1 aromatic carbocycles. The minimum Gasteiger partial charge on any atom is -0.353 e. The topological polar surface area (TPSA) is 45.2 Å². The lowest BCUT2D eigenvalue weighted by Crippen LogP contribution is -2.43. The van der Waals surface area contributed by atoms with E-state index in [1.807, 2.05) is 11.3 Å². The van der Waals surface area contributed by atoms with Crippen molar-refractivity contribution < 1.29 is 4.79 Å². The zero-order chi connectivity index (χ0) is 18.5. The van der Waals surface area contributed by atoms with Gasteiger partial charge in [0, 0.05) is 12.0 Å². The third-order valence-corrected chi connectivity index (χ3v) is 6.40. The van der Waals surface area contributed by atoms with E-state index in [4.69, 9.17) is 4.98 Å². The van der Waals surface area contributed by atoms with Crippen molar-refractivity contribution in [1.82, 2.24) is 15.2 Å². The molecule has 2 aromatic rings. The zero-order valence-corrected chi connectivity index (χ0v) is 17.0. The van der Waals surface area contributed by atoms with Gasteiger partial charge in [-0.2, -0.15) is 0 Å². The van der Waals surface area contributed by atoms with Crippen LogP contribution in [-0.4, -0.2) is 41.5 Å². The molecule has 1 saturated heterocycles. The second-order valence-corrected chi connectivity index (χ2v) is 9.07. The summed E-state index contributed by atoms with van der Waals surface area (Å²) < 4.78 is 1.28. The van der Waals surface area contributed by atoms with Crippen molar-refractivity contribution in [3.05, 3.63) is 29.3 Å². The van der Waals surface area contributed by atoms with Gasteiger partial charge in [0.15, 0.2) is 0 Å². The molecule has 4 nitrogen and oxygen atoms in total. The van der Waals surface area contributed by atoms with Crippen LogP contribution in [0.25, 0.3) is 10.2 Å². The summed E-state index contributed by atoms with van der Waals surface area (Å²) in [7, 11) is 0. The monoisotopic (exact) mass is 373 g/mol. The number of aromatic nitrogens is 1. The van der Waals surface area contributed by atoms with Gasteiger partial charge < -0.3 is 5.32 Å². The molecule has 26 heavy (non-hydrogen) atoms. The lowest BCUT2D eigenvalue weighted by molar-refractivity contribution is -0.123. The number of benzene rings is 1. The predicted octanol–water partition coefficient (Wildman–Crippen LogP) is 4.42. The Labute approximate surface area is 161 Å². The van der Waals surface area contributed by atoms with E-state index in [1.165, 1.54) is 9.71 Å². The molecule has 3 rings (SSSR count). The number of hydrogen-bond acceptors (Lipinski definition) is 4. The van der Waals surface area contributed by atoms with Crippen molar-refractivity contribution in [3.8, 4) is 0 Å². The Kier molecular flexibility index (Phi) is 6.65. The molecule has 1 fully saturated rings. The van der Waals surface area contributed by atoms with Crippen LogP contribution in [0.1, 0.15) is 57.4 Å². The number of carbonyl (C=O) groups excluding carboxylic acids is 1. The summed E-state index contributed by atoms with van der Waals surface area (Å²) in [5, 5.41) is 4.41. The molecule has 142 valence electrons. The van der Waals surface area contributed by atoms with Crippen LogP contribution in [0.5, 0.6) is 0 Å². The highest BCUT2D eigenvalue weighted by molar-refractivity contribution is 7.18. The molecule has 0 radical (unpaired) electrons. The molecule has 1 atom stereocenters. The maximum atomic E-state index is 12.3. The highest BCUT2D eigenvalue weighted by atomic mass is 32.1. The minimum atomic E-state index is 0.166. The molecule has 0 spiro atoms. The second kappa shape index (κ2) is 8.96. The highest BCUT2D eigenvalue weighted by Gasteiger charge is 2.24. The van der Waals surface area contributed by atoms with E-state index in [0.29, 0.717) is 18.4 Å². The minimum absolute atomic E-state index is 0.166. The second-order valence-electron chi connectivity index (χ2n) is 8.01. The molecule has 0 unspecified atom stereocenters. The van der Waals surface area contributed by atoms with Crippen LogP contribution in [0.3, 0.4) is 0 Å². The molecule has 1 amide bonds. The van der Waals surface area contributed by atoms with Gasteiger partial charge in [-0.1, -0.05) is 26.0 Å². The van der Waals surface area contributed by atoms with E-state index < -0.39 is 0 Å². The van der Waals surface area contributed by atoms with Crippen molar-refractivity contribution in [2.24, 2.45) is 5.92 Å². The van der Waals surface area contributed by atoms with Gasteiger partial charge in [0.25, 0.3) is 0 Å². The number of thiazole rings is 1. The molecule has 0 saturated carbocycles. The van der Waals surface area contributed by atoms with E-state index in [-0.39, 0.29) is 11.9 Å². The number of para-hydroxylation sites is 1. The zero-order valence-electron chi connectivity index (χ0n) is 16.2. The predicted molar refractivity (Wildman–Crippen MR) is 110 cm³/mol. The molecule has 0 bridgehead atoms. The first-order valence-electron chi connectivity index (χ1n) is 9.88. The fourth-order valence-corrected chi connectivity index (χ4v) is 4.72. The van der Waals surface area contributed by atoms with E-state index in [9.17, 15) is 4.79 Å². The van der Waals surface area contributed by atoms with Gasteiger partial charge in [0.1, 0.15) is 0 Å². The summed E-state index contributed by atoms with van der Waals surface area (Å²) in [6.45, 7) is 9.05. The van der Waals surface area contributed by atoms with E-state index in [0.717, 1.165) is 44.3 Å². The van der Waals surface area contributed by atoms with Gasteiger partial charge in [-0.25, -0.2) is 4.98 Å². The van der Waals surface area contributed by atoms with Crippen molar-refractivity contribution in [3.63, 3.8) is 0 Å². The summed E-state index contributed by atoms with van der Waals surface area (Å²) >= 11 is 1.83. The average Bonchev–Trinajstić information content (AvgIpc) is 3.04. The molecule has 1 aliphatic heterocycles. The van der Waals surface area contributed by atoms with Gasteiger partial charge in [-0.15, -0.1) is 11.3 Å². The van der Waals surface area contributed by atoms with Crippen LogP contribution in [0.2, 0.25) is 0 Å². The third-order valence-electron chi connectivity index (χ3n) is 5.20. The van der Waals surface area contributed by atoms with Crippen molar-refractivity contribution in [2.75, 3.05) is 19.6 Å². The number of rotatable bonds is 7. The summed E-state index contributed by atoms with van der Waals surface area (Å²) in [6, 6.07) is 8.64. The normalized spacial score (nSPS) is 17.7. The Bertz CT molecular complexity index is 686. The summed E-state index contributed by atoms with van der Waals surface area (Å²) in [6.07, 6.45) is 4.41. The molecule has 5 heteroatoms. The van der Waals surface area contributed by atoms with Crippen LogP contribution in [0.4, 0.5) is 0 Å². The standard InChI is InChI=1S/C21H31N3OS/c1-15(2)8-9-16(3)22-20(25)14-24-12-10-17(11-13-24)21-23-18-6-4-5-7-19(18)26-21/h4-7,15-17H,8-14H2,1-3H3,(H,22,25)/t16-/m0/s1. The maximum Gasteiger partial charge on any atom is 0.234 e. The van der Waals surface area contributed by atoms with Crippen molar-refractivity contribution >= 4 is 27.5 Å². The quantitative estimate of drug-likeness (QED) is 0.781. The van der Waals surface area contributed by atoms with Gasteiger partial charge >= 0.3 is 0 Å². The Morgan fingerprint density at radius 1 is 1.23 bits per heavy atom. The fourth-order valence-electron chi connectivity index (χ4n) is 3.58. The first kappa shape index (κ1) is 19.3. The van der Waals surface area contributed by atoms with Crippen molar-refractivity contribution in [1.29, 1.82) is 0 Å². The number of fused-ring (bicyclic) bond motifs is 1. The van der Waals surface area contributed by atoms with Gasteiger partial charge in [-0.3, -0.25) is 9.69 Å². The summed E-state index contributed by atoms with van der Waals surface area (Å²) in [5.74, 6) is 1.40. The number of likely N-dealkylation sites (tertiary alicyclic amines) is 1. The average molecular weight is 374 g/mol. The van der Waals surface area contributed by atoms with E-state index in [2.05, 4.69) is 55.3 Å². The largest absolute Gasteiger partial charge is 0.353 e. The SMILES string of the molecule is CC(C)CC[C@H](C)NC(=O)CN1CCC(c2nc3ccccc3s2)CC1. The van der Waals surface area contributed by atoms with Crippen LogP contribution in [0, 0.1) is 5.92 Å². The lowest BCUT2D eigenvalue weighted by atomic mass is 9.97. The number of amides is 1. The molecule has 1 aromatic heterocycles.